The summed E-state index contributed by atoms with van der Waals surface area (Å²) in [7, 11) is 1.28. The van der Waals surface area contributed by atoms with E-state index in [1.807, 2.05) is 19.1 Å². The summed E-state index contributed by atoms with van der Waals surface area (Å²) in [6.07, 6.45) is 2.09. The Labute approximate surface area is 235 Å². The first kappa shape index (κ1) is 29.5. The van der Waals surface area contributed by atoms with Crippen LogP contribution in [0.25, 0.3) is 0 Å². The van der Waals surface area contributed by atoms with Crippen LogP contribution < -0.4 is 30.3 Å². The number of benzene rings is 2. The summed E-state index contributed by atoms with van der Waals surface area (Å²) in [5.74, 6) is 0.858. The van der Waals surface area contributed by atoms with Crippen LogP contribution in [0.3, 0.4) is 0 Å². The van der Waals surface area contributed by atoms with E-state index in [-0.39, 0.29) is 12.2 Å². The summed E-state index contributed by atoms with van der Waals surface area (Å²) < 4.78 is 22.7. The molecule has 1 aliphatic heterocycles. The normalized spacial score (nSPS) is 15.7. The molecule has 0 aromatic heterocycles. The number of nitrogens with one attached hydrogen (secondary N) is 3. The topological polar surface area (TPSA) is 140 Å². The van der Waals surface area contributed by atoms with Gasteiger partial charge in [-0.2, -0.15) is 5.10 Å². The fourth-order valence-corrected chi connectivity index (χ4v) is 4.19. The number of rotatable bonds is 13. The Morgan fingerprint density at radius 2 is 1.97 bits per heavy atom. The van der Waals surface area contributed by atoms with E-state index in [0.717, 1.165) is 10.0 Å². The predicted octanol–water partition coefficient (Wildman–Crippen LogP) is 3.53. The van der Waals surface area contributed by atoms with Crippen LogP contribution in [0.4, 0.5) is 4.79 Å². The summed E-state index contributed by atoms with van der Waals surface area (Å²) in [5, 5.41) is 19.7. The minimum Gasteiger partial charge on any atom is -0.490 e. The Balaban J connectivity index is 1.66. The van der Waals surface area contributed by atoms with E-state index in [9.17, 15) is 14.7 Å². The molecule has 1 heterocycles. The van der Waals surface area contributed by atoms with E-state index < -0.39 is 24.3 Å². The number of hydrogen-bond acceptors (Lipinski definition) is 9. The van der Waals surface area contributed by atoms with Crippen LogP contribution in [0.5, 0.6) is 17.2 Å². The third-order valence-corrected chi connectivity index (χ3v) is 6.04. The van der Waals surface area contributed by atoms with Crippen LogP contribution in [-0.2, 0) is 9.53 Å². The SMILES string of the molecule is C=CCOc1ccc(/C=N\N[C@@H](O)COc2ccc([C@H]3NC(=O)NC(C)=C3C(=O)OC)cc2OCC)cc1Br. The van der Waals surface area contributed by atoms with Gasteiger partial charge in [-0.15, -0.1) is 0 Å². The van der Waals surface area contributed by atoms with Crippen molar-refractivity contribution in [3.8, 4) is 17.2 Å². The van der Waals surface area contributed by atoms with Crippen molar-refractivity contribution >= 4 is 34.1 Å². The number of carbonyl (C=O) groups excluding carboxylic acids is 2. The first-order valence-electron chi connectivity index (χ1n) is 12.0. The van der Waals surface area contributed by atoms with Gasteiger partial charge in [-0.1, -0.05) is 18.7 Å². The fourth-order valence-electron chi connectivity index (χ4n) is 3.68. The molecule has 0 aliphatic carbocycles. The molecule has 1 aliphatic rings. The number of hydrazone groups is 1. The average Bonchev–Trinajstić information content (AvgIpc) is 2.91. The Morgan fingerprint density at radius 1 is 1.21 bits per heavy atom. The lowest BCUT2D eigenvalue weighted by Crippen LogP contribution is -2.45. The molecular formula is C27H31BrN4O7. The molecule has 2 atom stereocenters. The summed E-state index contributed by atoms with van der Waals surface area (Å²) in [4.78, 5) is 24.5. The third kappa shape index (κ3) is 7.98. The Bertz CT molecular complexity index is 1260. The molecule has 0 fully saturated rings. The molecule has 0 radical (unpaired) electrons. The van der Waals surface area contributed by atoms with E-state index in [4.69, 9.17) is 18.9 Å². The molecular weight excluding hydrogens is 572 g/mol. The zero-order valence-corrected chi connectivity index (χ0v) is 23.4. The van der Waals surface area contributed by atoms with E-state index in [0.29, 0.717) is 41.7 Å². The number of amides is 2. The zero-order chi connectivity index (χ0) is 28.4. The van der Waals surface area contributed by atoms with Gasteiger partial charge in [0.15, 0.2) is 17.7 Å². The van der Waals surface area contributed by atoms with Gasteiger partial charge in [0.2, 0.25) is 0 Å². The van der Waals surface area contributed by atoms with Gasteiger partial charge in [-0.05, 0) is 71.2 Å². The van der Waals surface area contributed by atoms with E-state index in [2.05, 4.69) is 43.7 Å². The van der Waals surface area contributed by atoms with Crippen LogP contribution in [0.15, 0.2) is 69.9 Å². The summed E-state index contributed by atoms with van der Waals surface area (Å²) >= 11 is 3.45. The van der Waals surface area contributed by atoms with Crippen molar-refractivity contribution in [3.05, 3.63) is 75.9 Å². The third-order valence-electron chi connectivity index (χ3n) is 5.42. The molecule has 0 saturated heterocycles. The first-order chi connectivity index (χ1) is 18.8. The van der Waals surface area contributed by atoms with Gasteiger partial charge < -0.3 is 34.7 Å². The molecule has 0 spiro atoms. The highest BCUT2D eigenvalue weighted by Gasteiger charge is 2.32. The van der Waals surface area contributed by atoms with Crippen LogP contribution >= 0.6 is 15.9 Å². The summed E-state index contributed by atoms with van der Waals surface area (Å²) in [6.45, 7) is 7.67. The maximum Gasteiger partial charge on any atom is 0.337 e. The van der Waals surface area contributed by atoms with E-state index >= 15 is 0 Å². The lowest BCUT2D eigenvalue weighted by atomic mass is 9.95. The first-order valence-corrected chi connectivity index (χ1v) is 12.8. The van der Waals surface area contributed by atoms with Gasteiger partial charge in [0.25, 0.3) is 0 Å². The van der Waals surface area contributed by atoms with Gasteiger partial charge in [0.05, 0.1) is 36.0 Å². The van der Waals surface area contributed by atoms with Crippen molar-refractivity contribution in [3.63, 3.8) is 0 Å². The van der Waals surface area contributed by atoms with Crippen LogP contribution in [0, 0.1) is 0 Å². The molecule has 0 unspecified atom stereocenters. The molecule has 2 aromatic rings. The number of methoxy groups -OCH3 is 1. The number of aliphatic hydroxyl groups is 1. The number of esters is 1. The lowest BCUT2D eigenvalue weighted by Gasteiger charge is -2.28. The second kappa shape index (κ2) is 14.2. The lowest BCUT2D eigenvalue weighted by molar-refractivity contribution is -0.136. The van der Waals surface area contributed by atoms with Crippen molar-refractivity contribution in [2.75, 3.05) is 26.9 Å². The van der Waals surface area contributed by atoms with Crippen LogP contribution in [-0.4, -0.2) is 56.5 Å². The van der Waals surface area contributed by atoms with Crippen molar-refractivity contribution in [1.29, 1.82) is 0 Å². The molecule has 4 N–H and O–H groups in total. The number of ether oxygens (including phenoxy) is 4. The van der Waals surface area contributed by atoms with Gasteiger partial charge in [0, 0.05) is 5.70 Å². The second-order valence-corrected chi connectivity index (χ2v) is 9.06. The molecule has 0 bridgehead atoms. The molecule has 3 rings (SSSR count). The van der Waals surface area contributed by atoms with Gasteiger partial charge in [-0.3, -0.25) is 5.43 Å². The Morgan fingerprint density at radius 3 is 2.67 bits per heavy atom. The minimum atomic E-state index is -1.12. The molecule has 2 amide bonds. The second-order valence-electron chi connectivity index (χ2n) is 8.20. The Kier molecular flexibility index (Phi) is 10.8. The molecule has 39 heavy (non-hydrogen) atoms. The standard InChI is InChI=1S/C27H31BrN4O7/c1-5-11-38-20-9-7-17(12-19(20)28)14-29-32-23(33)15-39-21-10-8-18(13-22(21)37-6-2)25-24(26(34)36-4)16(3)30-27(35)31-25/h5,7-10,12-14,23,25,32-33H,1,6,11,15H2,2-4H3,(H2,30,31,35)/b29-14-/t23-,25+/m0/s1. The van der Waals surface area contributed by atoms with Crippen molar-refractivity contribution in [1.82, 2.24) is 16.1 Å². The average molecular weight is 603 g/mol. The highest BCUT2D eigenvalue weighted by atomic mass is 79.9. The summed E-state index contributed by atoms with van der Waals surface area (Å²) in [6, 6.07) is 9.27. The van der Waals surface area contributed by atoms with Gasteiger partial charge >= 0.3 is 12.0 Å². The summed E-state index contributed by atoms with van der Waals surface area (Å²) in [5.41, 5.74) is 4.65. The monoisotopic (exact) mass is 602 g/mol. The smallest absolute Gasteiger partial charge is 0.337 e. The number of aliphatic hydroxyl groups excluding tert-OH is 1. The van der Waals surface area contributed by atoms with Crippen molar-refractivity contribution < 1.29 is 33.6 Å². The van der Waals surface area contributed by atoms with Gasteiger partial charge in [-0.25, -0.2) is 9.59 Å². The fraction of sp³-hybridized carbons (Fsp3) is 0.296. The molecule has 12 heteroatoms. The quantitative estimate of drug-likeness (QED) is 0.0897. The van der Waals surface area contributed by atoms with Crippen molar-refractivity contribution in [2.45, 2.75) is 26.1 Å². The molecule has 2 aromatic carbocycles. The predicted molar refractivity (Wildman–Crippen MR) is 149 cm³/mol. The number of carbonyl (C=O) groups is 2. The maximum absolute atomic E-state index is 12.4. The number of urea groups is 1. The number of hydrogen-bond donors (Lipinski definition) is 4. The largest absolute Gasteiger partial charge is 0.490 e. The van der Waals surface area contributed by atoms with E-state index in [1.54, 1.807) is 43.5 Å². The van der Waals surface area contributed by atoms with Crippen LogP contribution in [0.1, 0.15) is 31.0 Å². The number of nitrogens with zero attached hydrogens (tertiary/aromatic N) is 1. The molecule has 0 saturated carbocycles. The molecule has 208 valence electrons. The highest BCUT2D eigenvalue weighted by molar-refractivity contribution is 9.10. The van der Waals surface area contributed by atoms with E-state index in [1.165, 1.54) is 7.11 Å². The van der Waals surface area contributed by atoms with Crippen LogP contribution in [0.2, 0.25) is 0 Å². The number of allylic oxidation sites excluding steroid dienone is 1. The van der Waals surface area contributed by atoms with Crippen molar-refractivity contribution in [2.24, 2.45) is 5.10 Å². The van der Waals surface area contributed by atoms with Gasteiger partial charge in [0.1, 0.15) is 19.0 Å². The number of halogens is 1. The minimum absolute atomic E-state index is 0.134. The maximum atomic E-state index is 12.4. The Hall–Kier alpha value is -4.03. The highest BCUT2D eigenvalue weighted by Crippen LogP contribution is 2.35. The zero-order valence-electron chi connectivity index (χ0n) is 21.8. The molecule has 11 nitrogen and oxygen atoms in total.